The normalized spacial score (nSPS) is 13.3. The van der Waals surface area contributed by atoms with Crippen LogP contribution in [-0.4, -0.2) is 79.5 Å². The Balaban J connectivity index is -0.000000257. The number of rotatable bonds is 2. The van der Waals surface area contributed by atoms with E-state index in [1.165, 1.54) is 19.3 Å². The van der Waals surface area contributed by atoms with Gasteiger partial charge in [0.15, 0.2) is 0 Å². The van der Waals surface area contributed by atoms with Crippen molar-refractivity contribution in [2.75, 3.05) is 51.3 Å². The average Bonchev–Trinajstić information content (AvgIpc) is 3.03. The van der Waals surface area contributed by atoms with E-state index in [1.54, 1.807) is 35.5 Å². The SMILES string of the molecule is CC(C)(C)OC(=O)N1CCNCC1.N#Cc1ccc(Br)cn1.N#Cc1ccc(N2CCCCC2)cn1.O=CO[O-].[2H]CF.[H-].[K+].[K+]. The molecule has 4 rings (SSSR count). The Kier molecular flexibility index (Phi) is 30.8. The van der Waals surface area contributed by atoms with Crippen molar-refractivity contribution in [1.29, 1.82) is 10.5 Å². The Hall–Kier alpha value is -0.577. The number of carbonyl (C=O) groups excluding carboxylic acids is 2. The third-order valence-electron chi connectivity index (χ3n) is 5.23. The maximum Gasteiger partial charge on any atom is 1.00 e. The van der Waals surface area contributed by atoms with Gasteiger partial charge in [-0.05, 0) is 80.2 Å². The Morgan fingerprint density at radius 3 is 1.95 bits per heavy atom. The van der Waals surface area contributed by atoms with Crippen molar-refractivity contribution < 1.29 is 134 Å². The molecule has 1 amide bonds. The zero-order valence-corrected chi connectivity index (χ0v) is 33.9. The number of piperidine rings is 1. The summed E-state index contributed by atoms with van der Waals surface area (Å²) < 4.78 is 21.6. The molecule has 1 N–H and O–H groups in total. The Morgan fingerprint density at radius 2 is 1.57 bits per heavy atom. The molecule has 2 fully saturated rings. The second-order valence-corrected chi connectivity index (χ2v) is 10.4. The molecule has 2 saturated heterocycles. The zero-order valence-electron chi connectivity index (χ0n) is 28.1. The van der Waals surface area contributed by atoms with E-state index >= 15 is 0 Å². The Bertz CT molecular complexity index is 1130. The molecule has 2 aromatic heterocycles. The van der Waals surface area contributed by atoms with Crippen LogP contribution < -0.4 is 118 Å². The molecule has 232 valence electrons. The van der Waals surface area contributed by atoms with E-state index in [0.29, 0.717) is 11.4 Å². The van der Waals surface area contributed by atoms with Gasteiger partial charge in [0.2, 0.25) is 0 Å². The third-order valence-corrected chi connectivity index (χ3v) is 5.70. The predicted octanol–water partition coefficient (Wildman–Crippen LogP) is -2.37. The first kappa shape index (κ1) is 45.5. The van der Waals surface area contributed by atoms with Gasteiger partial charge in [-0.1, -0.05) is 0 Å². The first-order chi connectivity index (χ1) is 20.5. The number of aromatic nitrogens is 2. The van der Waals surface area contributed by atoms with Crippen LogP contribution in [0.15, 0.2) is 41.1 Å². The van der Waals surface area contributed by atoms with E-state index in [4.69, 9.17) is 26.7 Å². The summed E-state index contributed by atoms with van der Waals surface area (Å²) in [7, 11) is -1.00. The van der Waals surface area contributed by atoms with Gasteiger partial charge < -0.3 is 31.4 Å². The van der Waals surface area contributed by atoms with Gasteiger partial charge in [-0.3, -0.25) is 9.18 Å². The Morgan fingerprint density at radius 1 is 1.07 bits per heavy atom. The maximum atomic E-state index is 11.5. The number of carbonyl (C=O) groups is 2. The van der Waals surface area contributed by atoms with Crippen LogP contribution in [0.1, 0.15) is 54.2 Å². The number of pyridine rings is 2. The third kappa shape index (κ3) is 23.7. The standard InChI is InChI=1S/C11H13N3.C9H18N2O2.C6H3BrN2.CH3F.CH2O3.2K.H/c12-8-10-4-5-11(9-13-10)14-6-2-1-3-7-14;1-9(2,3)13-8(12)11-6-4-10-5-7-11;7-5-1-2-6(3-8)9-4-5;1-2;2-1-4-3;;;/h4-5,9H,1-3,6-7H2;10H,4-7H2,1-3H3;1-2,4H;1H3;1,3H;;;/q;;;;;2*+1;-1/p-1/i;;;1D;;;;. The number of hydrogen-bond donors (Lipinski definition) is 1. The number of ether oxygens (including phenoxy) is 1. The fraction of sp³-hybridized carbons (Fsp3) is 0.500. The molecule has 0 bridgehead atoms. The molecule has 0 atom stereocenters. The molecule has 16 heteroatoms. The topological polar surface area (TPSA) is 168 Å². The van der Waals surface area contributed by atoms with E-state index < -0.39 is 7.15 Å². The number of piperazine rings is 1. The fourth-order valence-corrected chi connectivity index (χ4v) is 3.64. The summed E-state index contributed by atoms with van der Waals surface area (Å²) >= 11 is 3.20. The molecule has 4 heterocycles. The van der Waals surface area contributed by atoms with Gasteiger partial charge in [0, 0.05) is 49.9 Å². The number of nitrogens with one attached hydrogen (secondary N) is 1. The smallest absolute Gasteiger partial charge is 1.00 e. The van der Waals surface area contributed by atoms with Crippen molar-refractivity contribution in [3.8, 4) is 12.1 Å². The van der Waals surface area contributed by atoms with Crippen LogP contribution >= 0.6 is 15.9 Å². The van der Waals surface area contributed by atoms with Crippen molar-refractivity contribution in [1.82, 2.24) is 20.2 Å². The van der Waals surface area contributed by atoms with E-state index in [2.05, 4.69) is 41.0 Å². The number of hydrogen-bond acceptors (Lipinski definition) is 11. The summed E-state index contributed by atoms with van der Waals surface area (Å²) in [6.45, 7) is 10.9. The number of halogens is 2. The van der Waals surface area contributed by atoms with Crippen molar-refractivity contribution in [2.24, 2.45) is 0 Å². The summed E-state index contributed by atoms with van der Waals surface area (Å²) in [5.41, 5.74) is 1.69. The van der Waals surface area contributed by atoms with E-state index in [9.17, 15) is 9.18 Å². The van der Waals surface area contributed by atoms with Gasteiger partial charge in [-0.15, -0.1) is 0 Å². The summed E-state index contributed by atoms with van der Waals surface area (Å²) in [6.07, 6.45) is 7.05. The molecular weight excluding hydrogens is 691 g/mol. The number of amides is 1. The van der Waals surface area contributed by atoms with Crippen LogP contribution in [0.25, 0.3) is 0 Å². The molecule has 0 unspecified atom stereocenters. The first-order valence-electron chi connectivity index (χ1n) is 13.6. The van der Waals surface area contributed by atoms with Crippen molar-refractivity contribution in [2.45, 2.75) is 45.6 Å². The second-order valence-electron chi connectivity index (χ2n) is 9.44. The molecular formula is C28H39BrFK2N7O5. The quantitative estimate of drug-likeness (QED) is 0.152. The summed E-state index contributed by atoms with van der Waals surface area (Å²) in [6, 6.07) is 11.2. The molecule has 2 aromatic rings. The maximum absolute atomic E-state index is 11.5. The summed E-state index contributed by atoms with van der Waals surface area (Å²) in [4.78, 5) is 34.7. The summed E-state index contributed by atoms with van der Waals surface area (Å²) in [5, 5.41) is 28.5. The van der Waals surface area contributed by atoms with E-state index in [-0.39, 0.29) is 122 Å². The largest absolute Gasteiger partial charge is 1.00 e. The molecule has 44 heavy (non-hydrogen) atoms. The van der Waals surface area contributed by atoms with Gasteiger partial charge in [-0.2, -0.15) is 10.5 Å². The van der Waals surface area contributed by atoms with Crippen LogP contribution in [-0.2, 0) is 14.4 Å². The van der Waals surface area contributed by atoms with Crippen LogP contribution in [0.3, 0.4) is 0 Å². The van der Waals surface area contributed by atoms with E-state index in [1.807, 2.05) is 39.0 Å². The minimum absolute atomic E-state index is 0. The average molecular weight is 732 g/mol. The Labute approximate surface area is 355 Å². The number of nitrogens with zero attached hydrogens (tertiary/aromatic N) is 6. The molecule has 0 aromatic carbocycles. The van der Waals surface area contributed by atoms with Crippen molar-refractivity contribution in [3.63, 3.8) is 0 Å². The van der Waals surface area contributed by atoms with Gasteiger partial charge in [-0.25, -0.2) is 14.8 Å². The van der Waals surface area contributed by atoms with Crippen LogP contribution in [0.2, 0.25) is 0 Å². The molecule has 2 aliphatic heterocycles. The molecule has 12 nitrogen and oxygen atoms in total. The van der Waals surface area contributed by atoms with Gasteiger partial charge >= 0.3 is 109 Å². The van der Waals surface area contributed by atoms with Gasteiger partial charge in [0.25, 0.3) is 6.47 Å². The fourth-order valence-electron chi connectivity index (χ4n) is 3.41. The van der Waals surface area contributed by atoms with Crippen molar-refractivity contribution >= 4 is 34.2 Å². The van der Waals surface area contributed by atoms with Gasteiger partial charge in [0.05, 0.1) is 20.4 Å². The molecule has 0 aliphatic carbocycles. The zero-order chi connectivity index (χ0) is 32.5. The minimum atomic E-state index is -1.00. The predicted molar refractivity (Wildman–Crippen MR) is 158 cm³/mol. The summed E-state index contributed by atoms with van der Waals surface area (Å²) in [5.74, 6) is 0. The number of alkyl halides is 1. The minimum Gasteiger partial charge on any atom is -1.00 e. The van der Waals surface area contributed by atoms with Crippen LogP contribution in [0.4, 0.5) is 14.9 Å². The monoisotopic (exact) mass is 730 g/mol. The van der Waals surface area contributed by atoms with Gasteiger partial charge in [0.1, 0.15) is 29.1 Å². The van der Waals surface area contributed by atoms with E-state index in [0.717, 1.165) is 49.4 Å². The molecule has 2 aliphatic rings. The molecule has 0 spiro atoms. The molecule has 0 saturated carbocycles. The van der Waals surface area contributed by atoms with Crippen LogP contribution in [0, 0.1) is 22.7 Å². The van der Waals surface area contributed by atoms with Crippen molar-refractivity contribution in [3.05, 3.63) is 52.5 Å². The number of anilines is 1. The second kappa shape index (κ2) is 29.8. The first-order valence-corrected chi connectivity index (χ1v) is 13.7. The van der Waals surface area contributed by atoms with Crippen LogP contribution in [0.5, 0.6) is 0 Å². The molecule has 0 radical (unpaired) electrons. The number of nitriles is 2.